The van der Waals surface area contributed by atoms with Crippen LogP contribution in [0, 0.1) is 0 Å². The number of rotatable bonds is 8. The number of carbonyl (C=O) groups excluding carboxylic acids is 1. The van der Waals surface area contributed by atoms with E-state index in [1.54, 1.807) is 6.07 Å². The zero-order chi connectivity index (χ0) is 18.3. The number of halogens is 1. The van der Waals surface area contributed by atoms with Crippen LogP contribution in [0.3, 0.4) is 0 Å². The lowest BCUT2D eigenvalue weighted by Gasteiger charge is -2.26. The number of nitrogens with two attached hydrogens (primary N) is 1. The maximum absolute atomic E-state index is 12.9. The number of hydrogen-bond acceptors (Lipinski definition) is 6. The molecule has 1 heterocycles. The molecular weight excluding hydrogens is 382 g/mol. The lowest BCUT2D eigenvalue weighted by atomic mass is 10.2. The molecule has 1 aliphatic rings. The van der Waals surface area contributed by atoms with Gasteiger partial charge in [-0.25, -0.2) is 8.42 Å². The molecule has 0 bridgehead atoms. The number of ether oxygens (including phenoxy) is 2. The van der Waals surface area contributed by atoms with Crippen molar-refractivity contribution in [1.29, 1.82) is 0 Å². The van der Waals surface area contributed by atoms with Gasteiger partial charge in [-0.15, -0.1) is 12.4 Å². The van der Waals surface area contributed by atoms with E-state index in [9.17, 15) is 13.2 Å². The zero-order valence-electron chi connectivity index (χ0n) is 14.8. The molecule has 2 rings (SSSR count). The third-order valence-corrected chi connectivity index (χ3v) is 5.85. The van der Waals surface area contributed by atoms with Crippen molar-refractivity contribution < 1.29 is 22.7 Å². The smallest absolute Gasteiger partial charge is 0.251 e. The highest BCUT2D eigenvalue weighted by Gasteiger charge is 2.30. The highest BCUT2D eigenvalue weighted by atomic mass is 35.5. The number of hydrogen-bond donors (Lipinski definition) is 2. The van der Waals surface area contributed by atoms with Crippen LogP contribution in [0.15, 0.2) is 23.1 Å². The summed E-state index contributed by atoms with van der Waals surface area (Å²) >= 11 is 0. The molecule has 0 saturated carbocycles. The first-order chi connectivity index (χ1) is 12.0. The molecule has 0 radical (unpaired) electrons. The van der Waals surface area contributed by atoms with E-state index in [-0.39, 0.29) is 47.6 Å². The number of amides is 1. The molecule has 0 spiro atoms. The van der Waals surface area contributed by atoms with Gasteiger partial charge in [0.05, 0.1) is 20.3 Å². The number of carbonyl (C=O) groups is 1. The predicted molar refractivity (Wildman–Crippen MR) is 100 cm³/mol. The maximum atomic E-state index is 12.9. The number of nitrogens with zero attached hydrogens (tertiary/aromatic N) is 1. The van der Waals surface area contributed by atoms with E-state index in [1.807, 2.05) is 0 Å². The molecule has 1 aromatic rings. The van der Waals surface area contributed by atoms with Crippen molar-refractivity contribution in [2.75, 3.05) is 46.5 Å². The molecule has 1 saturated heterocycles. The zero-order valence-corrected chi connectivity index (χ0v) is 16.4. The van der Waals surface area contributed by atoms with Crippen LogP contribution in [0.2, 0.25) is 0 Å². The van der Waals surface area contributed by atoms with Crippen molar-refractivity contribution in [1.82, 2.24) is 9.62 Å². The van der Waals surface area contributed by atoms with Crippen molar-refractivity contribution in [3.8, 4) is 5.75 Å². The molecule has 0 aromatic heterocycles. The van der Waals surface area contributed by atoms with Gasteiger partial charge in [0.15, 0.2) is 0 Å². The van der Waals surface area contributed by atoms with Crippen molar-refractivity contribution in [3.05, 3.63) is 23.8 Å². The van der Waals surface area contributed by atoms with E-state index in [2.05, 4.69) is 5.32 Å². The van der Waals surface area contributed by atoms with Gasteiger partial charge in [-0.05, 0) is 37.6 Å². The van der Waals surface area contributed by atoms with Crippen molar-refractivity contribution in [3.63, 3.8) is 0 Å². The fourth-order valence-electron chi connectivity index (χ4n) is 2.52. The Hall–Kier alpha value is -1.39. The van der Waals surface area contributed by atoms with Crippen molar-refractivity contribution in [2.24, 2.45) is 5.73 Å². The van der Waals surface area contributed by atoms with Gasteiger partial charge in [0.25, 0.3) is 5.91 Å². The van der Waals surface area contributed by atoms with Crippen molar-refractivity contribution >= 4 is 28.3 Å². The normalized spacial score (nSPS) is 15.2. The Bertz CT molecular complexity index is 693. The number of methoxy groups -OCH3 is 1. The van der Waals surface area contributed by atoms with Crippen molar-refractivity contribution in [2.45, 2.75) is 17.7 Å². The minimum atomic E-state index is -3.76. The molecule has 0 unspecified atom stereocenters. The lowest BCUT2D eigenvalue weighted by Crippen LogP contribution is -2.40. The van der Waals surface area contributed by atoms with Gasteiger partial charge in [-0.2, -0.15) is 4.31 Å². The molecule has 148 valence electrons. The molecule has 1 aliphatic heterocycles. The Labute approximate surface area is 160 Å². The monoisotopic (exact) mass is 407 g/mol. The highest BCUT2D eigenvalue weighted by molar-refractivity contribution is 7.89. The van der Waals surface area contributed by atoms with Gasteiger partial charge in [0.1, 0.15) is 10.6 Å². The summed E-state index contributed by atoms with van der Waals surface area (Å²) in [6, 6.07) is 4.42. The van der Waals surface area contributed by atoms with Crippen LogP contribution >= 0.6 is 12.4 Å². The summed E-state index contributed by atoms with van der Waals surface area (Å²) < 4.78 is 37.5. The van der Waals surface area contributed by atoms with Crippen LogP contribution < -0.4 is 15.8 Å². The van der Waals surface area contributed by atoms with E-state index < -0.39 is 10.0 Å². The molecule has 26 heavy (non-hydrogen) atoms. The van der Waals surface area contributed by atoms with E-state index in [1.165, 1.54) is 23.5 Å². The average molecular weight is 408 g/mol. The predicted octanol–water partition coefficient (Wildman–Crippen LogP) is 0.607. The second-order valence-electron chi connectivity index (χ2n) is 5.63. The molecule has 1 fully saturated rings. The van der Waals surface area contributed by atoms with Gasteiger partial charge in [-0.3, -0.25) is 4.79 Å². The summed E-state index contributed by atoms with van der Waals surface area (Å²) in [6.45, 7) is 2.32. The number of benzene rings is 1. The van der Waals surface area contributed by atoms with Gasteiger partial charge in [0.2, 0.25) is 10.0 Å². The fourth-order valence-corrected chi connectivity index (χ4v) is 4.11. The van der Waals surface area contributed by atoms with E-state index in [0.29, 0.717) is 26.3 Å². The molecular formula is C16H26ClN3O5S. The van der Waals surface area contributed by atoms with Crippen LogP contribution in [0.25, 0.3) is 0 Å². The van der Waals surface area contributed by atoms with Gasteiger partial charge in [-0.1, -0.05) is 0 Å². The summed E-state index contributed by atoms with van der Waals surface area (Å²) in [5, 5.41) is 2.77. The summed E-state index contributed by atoms with van der Waals surface area (Å²) in [5.41, 5.74) is 5.70. The number of unbranched alkanes of at least 4 members (excludes halogenated alkanes) is 1. The summed E-state index contributed by atoms with van der Waals surface area (Å²) in [6.07, 6.45) is 1.59. The molecule has 0 atom stereocenters. The number of morpholine rings is 1. The Balaban J connectivity index is 0.00000338. The first kappa shape index (κ1) is 22.7. The van der Waals surface area contributed by atoms with Gasteiger partial charge < -0.3 is 20.5 Å². The third-order valence-electron chi connectivity index (χ3n) is 3.93. The Morgan fingerprint density at radius 3 is 2.62 bits per heavy atom. The Kier molecular flexibility index (Phi) is 9.31. The maximum Gasteiger partial charge on any atom is 0.251 e. The Morgan fingerprint density at radius 1 is 1.31 bits per heavy atom. The standard InChI is InChI=1S/C16H25N3O5S.ClH/c1-23-14-5-4-13(16(20)18-7-3-2-6-17)12-15(14)25(21,22)19-8-10-24-11-9-19;/h4-5,12H,2-3,6-11,17H2,1H3,(H,18,20);1H. The van der Waals surface area contributed by atoms with Crippen LogP contribution in [0.1, 0.15) is 23.2 Å². The van der Waals surface area contributed by atoms with E-state index >= 15 is 0 Å². The average Bonchev–Trinajstić information content (AvgIpc) is 2.65. The minimum absolute atomic E-state index is 0. The van der Waals surface area contributed by atoms with Crippen LogP contribution in [-0.2, 0) is 14.8 Å². The molecule has 8 nitrogen and oxygen atoms in total. The number of nitrogens with one attached hydrogen (secondary N) is 1. The molecule has 3 N–H and O–H groups in total. The van der Waals surface area contributed by atoms with E-state index in [0.717, 1.165) is 12.8 Å². The lowest BCUT2D eigenvalue weighted by molar-refractivity contribution is 0.0729. The van der Waals surface area contributed by atoms with Crippen LogP contribution in [-0.4, -0.2) is 65.1 Å². The van der Waals surface area contributed by atoms with Gasteiger partial charge >= 0.3 is 0 Å². The highest BCUT2D eigenvalue weighted by Crippen LogP contribution is 2.28. The molecule has 0 aliphatic carbocycles. The summed E-state index contributed by atoms with van der Waals surface area (Å²) in [5.74, 6) is -0.107. The largest absolute Gasteiger partial charge is 0.495 e. The molecule has 10 heteroatoms. The second kappa shape index (κ2) is 10.7. The second-order valence-corrected chi connectivity index (χ2v) is 7.54. The van der Waals surface area contributed by atoms with Gasteiger partial charge in [0, 0.05) is 25.2 Å². The topological polar surface area (TPSA) is 111 Å². The summed E-state index contributed by atoms with van der Waals surface area (Å²) in [7, 11) is -2.36. The molecule has 1 aromatic carbocycles. The van der Waals surface area contributed by atoms with Crippen LogP contribution in [0.5, 0.6) is 5.75 Å². The number of sulfonamides is 1. The van der Waals surface area contributed by atoms with Crippen LogP contribution in [0.4, 0.5) is 0 Å². The Morgan fingerprint density at radius 2 is 2.00 bits per heavy atom. The van der Waals surface area contributed by atoms with E-state index in [4.69, 9.17) is 15.2 Å². The first-order valence-electron chi connectivity index (χ1n) is 8.25. The first-order valence-corrected chi connectivity index (χ1v) is 9.69. The quantitative estimate of drug-likeness (QED) is 0.610. The summed E-state index contributed by atoms with van der Waals surface area (Å²) in [4.78, 5) is 12.2. The minimum Gasteiger partial charge on any atom is -0.495 e. The SMILES string of the molecule is COc1ccc(C(=O)NCCCCN)cc1S(=O)(=O)N1CCOCC1.Cl. The third kappa shape index (κ3) is 5.55. The molecule has 1 amide bonds. The fraction of sp³-hybridized carbons (Fsp3) is 0.562.